The molecule has 0 amide bonds. The van der Waals surface area contributed by atoms with Crippen LogP contribution in [0.25, 0.3) is 230 Å². The van der Waals surface area contributed by atoms with E-state index >= 15 is 0 Å². The summed E-state index contributed by atoms with van der Waals surface area (Å²) in [4.78, 5) is 7.00. The number of anilines is 9. The maximum atomic E-state index is 6.93. The molecule has 6 heterocycles. The maximum Gasteiger partial charge on any atom is 0.159 e. The fourth-order valence-corrected chi connectivity index (χ4v) is 21.8. The molecule has 0 saturated heterocycles. The van der Waals surface area contributed by atoms with Gasteiger partial charge in [0.2, 0.25) is 0 Å². The summed E-state index contributed by atoms with van der Waals surface area (Å²) < 4.78 is 40.6. The van der Waals surface area contributed by atoms with Crippen molar-refractivity contribution in [2.75, 3.05) is 14.7 Å². The van der Waals surface area contributed by atoms with Crippen LogP contribution >= 0.6 is 0 Å². The Kier molecular flexibility index (Phi) is 18.8. The summed E-state index contributed by atoms with van der Waals surface area (Å²) in [6.07, 6.45) is 0. The number of rotatable bonds is 12. The summed E-state index contributed by atoms with van der Waals surface area (Å²) in [7, 11) is 0. The van der Waals surface area contributed by atoms with Gasteiger partial charge in [0.25, 0.3) is 0 Å². The molecule has 0 saturated carbocycles. The van der Waals surface area contributed by atoms with E-state index in [4.69, 9.17) is 26.5 Å². The molecule has 0 unspecified atom stereocenters. The molecule has 24 aromatic carbocycles. The quantitative estimate of drug-likeness (QED) is 0.0876. The Hall–Kier alpha value is -19.0. The zero-order chi connectivity index (χ0) is 92.7. The lowest BCUT2D eigenvalue weighted by Crippen LogP contribution is -2.11. The van der Waals surface area contributed by atoms with Crippen LogP contribution in [0.2, 0.25) is 0 Å². The molecule has 660 valence electrons. The van der Waals surface area contributed by atoms with Crippen LogP contribution in [-0.4, -0.2) is 0 Å². The van der Waals surface area contributed by atoms with E-state index in [0.717, 1.165) is 232 Å². The number of para-hydroxylation sites is 9. The van der Waals surface area contributed by atoms with E-state index in [-0.39, 0.29) is 0 Å². The Balaban J connectivity index is 0.000000104. The van der Waals surface area contributed by atoms with Crippen molar-refractivity contribution in [3.8, 4) is 33.4 Å². The number of nitrogens with zero attached hydrogens (tertiary/aromatic N) is 3. The van der Waals surface area contributed by atoms with E-state index in [9.17, 15) is 0 Å². The molecule has 0 aliphatic heterocycles. The zero-order valence-electron chi connectivity index (χ0n) is 76.1. The molecule has 30 aromatic rings. The van der Waals surface area contributed by atoms with Crippen LogP contribution in [-0.2, 0) is 0 Å². The molecule has 9 nitrogen and oxygen atoms in total. The van der Waals surface area contributed by atoms with Crippen LogP contribution in [0.1, 0.15) is 0 Å². The molecule has 30 rings (SSSR count). The summed E-state index contributed by atoms with van der Waals surface area (Å²) in [6.45, 7) is 0. The summed E-state index contributed by atoms with van der Waals surface area (Å²) in [6, 6.07) is 173. The zero-order valence-corrected chi connectivity index (χ0v) is 76.1. The van der Waals surface area contributed by atoms with E-state index in [0.29, 0.717) is 0 Å². The lowest BCUT2D eigenvalue weighted by molar-refractivity contribution is 0.665. The Morgan fingerprint density at radius 2 is 0.333 bits per heavy atom. The molecule has 9 heteroatoms. The van der Waals surface area contributed by atoms with Gasteiger partial charge in [-0.05, 0) is 203 Å². The molecular weight excluding hydrogens is 1720 g/mol. The van der Waals surface area contributed by atoms with Gasteiger partial charge in [-0.1, -0.05) is 370 Å². The van der Waals surface area contributed by atoms with Gasteiger partial charge >= 0.3 is 0 Å². The Morgan fingerprint density at radius 1 is 0.106 bits per heavy atom. The highest BCUT2D eigenvalue weighted by molar-refractivity contribution is 6.24. The third kappa shape index (κ3) is 13.4. The summed E-state index contributed by atoms with van der Waals surface area (Å²) in [5, 5.41) is 27.3. The minimum absolute atomic E-state index is 0.824. The van der Waals surface area contributed by atoms with Gasteiger partial charge < -0.3 is 41.2 Å². The standard InChI is InChI=1S/C50H31NO2.C44H27NO2.C38H23NO2/c1-3-13-32(14-4-1)34-25-27-40-42-21-11-23-44(49(42)52-47(40)30-34)51(46-29-36-17-7-8-18-37(36)38-19-9-10-20-39(38)46)45-24-12-22-43-41-28-26-35(31-48(41)53-50(43)45)33-15-5-2-6-16-33;1-2-12-28(13-3-1)29-24-25-35-37-20-11-22-39(44(37)47-42(35)27-29)45(38-21-10-19-36-34-18-8-9-23-41(34)46-43(36)38)40-26-30-14-4-5-15-31(30)32-16-6-7-17-33(32)40;1-2-11-25-23-31-26(22-24(25)10-1)12-7-17-32(31)39(33-18-8-15-29-27-13-3-5-20-35(27)40-37(29)33)34-19-9-16-30-28-14-4-6-21-36(28)41-38(30)34/h1-31H;1-27H;1-23H. The lowest BCUT2D eigenvalue weighted by Gasteiger charge is -2.27. The molecule has 0 radical (unpaired) electrons. The lowest BCUT2D eigenvalue weighted by atomic mass is 9.98. The van der Waals surface area contributed by atoms with Gasteiger partial charge in [-0.25, -0.2) is 0 Å². The minimum atomic E-state index is 0.824. The van der Waals surface area contributed by atoms with E-state index in [1.165, 1.54) is 48.5 Å². The van der Waals surface area contributed by atoms with Crippen LogP contribution in [0.4, 0.5) is 51.2 Å². The van der Waals surface area contributed by atoms with E-state index in [1.807, 2.05) is 54.6 Å². The molecule has 6 aromatic heterocycles. The number of furan rings is 6. The molecule has 0 fully saturated rings. The summed E-state index contributed by atoms with van der Waals surface area (Å²) in [5.41, 5.74) is 26.0. The van der Waals surface area contributed by atoms with Crippen molar-refractivity contribution in [3.05, 3.63) is 491 Å². The third-order valence-corrected chi connectivity index (χ3v) is 28.3. The highest BCUT2D eigenvalue weighted by Crippen LogP contribution is 2.55. The predicted octanol–water partition coefficient (Wildman–Crippen LogP) is 38.8. The van der Waals surface area contributed by atoms with Gasteiger partial charge in [0.1, 0.15) is 33.5 Å². The molecular formula is C132H81N3O6. The van der Waals surface area contributed by atoms with E-state index in [2.05, 4.69) is 451 Å². The smallest absolute Gasteiger partial charge is 0.159 e. The van der Waals surface area contributed by atoms with Crippen LogP contribution in [0, 0.1) is 0 Å². The van der Waals surface area contributed by atoms with Crippen molar-refractivity contribution in [2.24, 2.45) is 0 Å². The van der Waals surface area contributed by atoms with Crippen molar-refractivity contribution >= 4 is 247 Å². The molecule has 141 heavy (non-hydrogen) atoms. The Labute approximate surface area is 807 Å². The first-order valence-corrected chi connectivity index (χ1v) is 47.8. The van der Waals surface area contributed by atoms with Gasteiger partial charge in [-0.2, -0.15) is 0 Å². The molecule has 0 aliphatic carbocycles. The highest BCUT2D eigenvalue weighted by atomic mass is 16.4. The first-order chi connectivity index (χ1) is 69.9. The fraction of sp³-hybridized carbons (Fsp3) is 0. The Bertz CT molecular complexity index is 10000. The predicted molar refractivity (Wildman–Crippen MR) is 588 cm³/mol. The molecule has 0 atom stereocenters. The summed E-state index contributed by atoms with van der Waals surface area (Å²) >= 11 is 0. The first kappa shape index (κ1) is 80.5. The van der Waals surface area contributed by atoms with Crippen LogP contribution < -0.4 is 14.7 Å². The molecule has 0 bridgehead atoms. The van der Waals surface area contributed by atoms with E-state index < -0.39 is 0 Å². The number of fused-ring (bicyclic) bond motifs is 26. The van der Waals surface area contributed by atoms with Crippen molar-refractivity contribution in [1.82, 2.24) is 0 Å². The first-order valence-electron chi connectivity index (χ1n) is 47.8. The van der Waals surface area contributed by atoms with E-state index in [1.54, 1.807) is 0 Å². The average molecular weight is 1810 g/mol. The summed E-state index contributed by atoms with van der Waals surface area (Å²) in [5.74, 6) is 0. The third-order valence-electron chi connectivity index (χ3n) is 28.3. The topological polar surface area (TPSA) is 88.6 Å². The highest BCUT2D eigenvalue weighted by Gasteiger charge is 2.31. The van der Waals surface area contributed by atoms with Gasteiger partial charge in [-0.15, -0.1) is 0 Å². The van der Waals surface area contributed by atoms with Crippen LogP contribution in [0.3, 0.4) is 0 Å². The average Bonchev–Trinajstić information content (AvgIpc) is 1.62. The second-order valence-corrected chi connectivity index (χ2v) is 36.3. The van der Waals surface area contributed by atoms with Crippen LogP contribution in [0.15, 0.2) is 518 Å². The monoisotopic (exact) mass is 1800 g/mol. The minimum Gasteiger partial charge on any atom is -0.454 e. The van der Waals surface area contributed by atoms with Crippen LogP contribution in [0.5, 0.6) is 0 Å². The fourth-order valence-electron chi connectivity index (χ4n) is 21.8. The van der Waals surface area contributed by atoms with Gasteiger partial charge in [0, 0.05) is 80.8 Å². The number of hydrogen-bond acceptors (Lipinski definition) is 9. The van der Waals surface area contributed by atoms with Crippen molar-refractivity contribution in [1.29, 1.82) is 0 Å². The molecule has 0 spiro atoms. The molecule has 0 aliphatic rings. The van der Waals surface area contributed by atoms with Crippen molar-refractivity contribution in [3.63, 3.8) is 0 Å². The molecule has 0 N–H and O–H groups in total. The van der Waals surface area contributed by atoms with Gasteiger partial charge in [-0.3, -0.25) is 0 Å². The largest absolute Gasteiger partial charge is 0.454 e. The SMILES string of the molecule is c1ccc(-c2ccc3c(c2)oc2c(N(c4cc5ccccc5c5ccccc45)c4cccc5c4oc4cc(-c6ccccc6)ccc45)cccc23)cc1.c1ccc(-c2ccc3c(c2)oc2c(N(c4cc5ccccc5c5ccccc45)c4cccc5c4oc4ccccc45)cccc23)cc1.c1ccc2cc3c(N(c4cccc5c4oc4ccccc45)c4cccc5c4oc4ccccc45)cccc3cc2c1. The van der Waals surface area contributed by atoms with Crippen molar-refractivity contribution in [2.45, 2.75) is 0 Å². The van der Waals surface area contributed by atoms with Gasteiger partial charge in [0.05, 0.1) is 51.2 Å². The normalized spacial score (nSPS) is 11.8. The Morgan fingerprint density at radius 3 is 0.674 bits per heavy atom. The maximum absolute atomic E-state index is 6.93. The van der Waals surface area contributed by atoms with Crippen molar-refractivity contribution < 1.29 is 26.5 Å². The number of benzene rings is 24. The second-order valence-electron chi connectivity index (χ2n) is 36.3. The number of hydrogen-bond donors (Lipinski definition) is 0. The van der Waals surface area contributed by atoms with Gasteiger partial charge in [0.15, 0.2) is 33.5 Å². The second kappa shape index (κ2) is 33.0.